The van der Waals surface area contributed by atoms with Gasteiger partial charge in [-0.25, -0.2) is 18.1 Å². The van der Waals surface area contributed by atoms with Crippen LogP contribution in [0, 0.1) is 11.3 Å². The highest BCUT2D eigenvalue weighted by atomic mass is 32.2. The zero-order valence-electron chi connectivity index (χ0n) is 10.7. The average Bonchev–Trinajstić information content (AvgIpc) is 2.97. The fraction of sp³-hybridized carbons (Fsp3) is 0.231. The van der Waals surface area contributed by atoms with Gasteiger partial charge in [0.2, 0.25) is 10.0 Å². The first-order valence-electron chi connectivity index (χ1n) is 6.07. The Bertz CT molecular complexity index is 685. The molecule has 1 aromatic carbocycles. The van der Waals surface area contributed by atoms with Crippen molar-refractivity contribution >= 4 is 10.0 Å². The molecule has 0 aliphatic heterocycles. The van der Waals surface area contributed by atoms with Gasteiger partial charge < -0.3 is 4.57 Å². The van der Waals surface area contributed by atoms with Gasteiger partial charge in [0.15, 0.2) is 0 Å². The lowest BCUT2D eigenvalue weighted by atomic mass is 10.2. The van der Waals surface area contributed by atoms with Crippen LogP contribution in [0.1, 0.15) is 12.0 Å². The van der Waals surface area contributed by atoms with E-state index in [1.54, 1.807) is 12.5 Å². The summed E-state index contributed by atoms with van der Waals surface area (Å²) >= 11 is 0. The number of nitrogens with zero attached hydrogens (tertiary/aromatic N) is 3. The van der Waals surface area contributed by atoms with Crippen molar-refractivity contribution in [2.45, 2.75) is 17.9 Å². The number of benzene rings is 1. The molecule has 0 atom stereocenters. The Hall–Kier alpha value is -2.17. The number of aryl methyl sites for hydroxylation is 1. The molecule has 1 N–H and O–H groups in total. The van der Waals surface area contributed by atoms with Gasteiger partial charge in [-0.3, -0.25) is 0 Å². The Labute approximate surface area is 117 Å². The smallest absolute Gasteiger partial charge is 0.240 e. The SMILES string of the molecule is N#Cc1ccc(S(=O)(=O)NCCCn2ccnc2)cc1. The van der Waals surface area contributed by atoms with Crippen LogP contribution in [-0.4, -0.2) is 24.5 Å². The fourth-order valence-corrected chi connectivity index (χ4v) is 2.75. The van der Waals surface area contributed by atoms with Crippen LogP contribution in [0.25, 0.3) is 0 Å². The predicted octanol–water partition coefficient (Wildman–Crippen LogP) is 1.12. The lowest BCUT2D eigenvalue weighted by Gasteiger charge is -2.07. The molecule has 7 heteroatoms. The van der Waals surface area contributed by atoms with E-state index < -0.39 is 10.0 Å². The van der Waals surface area contributed by atoms with Crippen LogP contribution in [0.2, 0.25) is 0 Å². The maximum atomic E-state index is 12.0. The number of hydrogen-bond donors (Lipinski definition) is 1. The summed E-state index contributed by atoms with van der Waals surface area (Å²) in [6.45, 7) is 1.05. The Morgan fingerprint density at radius 2 is 2.05 bits per heavy atom. The van der Waals surface area contributed by atoms with Crippen molar-refractivity contribution in [1.29, 1.82) is 5.26 Å². The molecule has 2 rings (SSSR count). The van der Waals surface area contributed by atoms with Gasteiger partial charge in [-0.1, -0.05) is 0 Å². The molecule has 1 aromatic heterocycles. The lowest BCUT2D eigenvalue weighted by Crippen LogP contribution is -2.25. The predicted molar refractivity (Wildman–Crippen MR) is 73.2 cm³/mol. The number of nitriles is 1. The van der Waals surface area contributed by atoms with Crippen molar-refractivity contribution in [3.05, 3.63) is 48.5 Å². The molecule has 0 fully saturated rings. The summed E-state index contributed by atoms with van der Waals surface area (Å²) in [4.78, 5) is 4.08. The zero-order valence-corrected chi connectivity index (χ0v) is 11.5. The first-order valence-corrected chi connectivity index (χ1v) is 7.56. The minimum absolute atomic E-state index is 0.166. The normalized spacial score (nSPS) is 11.2. The topological polar surface area (TPSA) is 87.8 Å². The summed E-state index contributed by atoms with van der Waals surface area (Å²) in [7, 11) is -3.51. The van der Waals surface area contributed by atoms with E-state index in [9.17, 15) is 8.42 Å². The van der Waals surface area contributed by atoms with Crippen molar-refractivity contribution in [2.24, 2.45) is 0 Å². The third-order valence-corrected chi connectivity index (χ3v) is 4.22. The maximum Gasteiger partial charge on any atom is 0.240 e. The summed E-state index contributed by atoms with van der Waals surface area (Å²) in [5.41, 5.74) is 0.434. The molecule has 0 aliphatic rings. The number of sulfonamides is 1. The van der Waals surface area contributed by atoms with E-state index in [2.05, 4.69) is 9.71 Å². The maximum absolute atomic E-state index is 12.0. The minimum atomic E-state index is -3.51. The summed E-state index contributed by atoms with van der Waals surface area (Å²) < 4.78 is 28.4. The van der Waals surface area contributed by atoms with E-state index in [0.29, 0.717) is 25.1 Å². The van der Waals surface area contributed by atoms with Crippen LogP contribution in [-0.2, 0) is 16.6 Å². The molecule has 0 saturated heterocycles. The monoisotopic (exact) mass is 290 g/mol. The number of imidazole rings is 1. The molecule has 0 aliphatic carbocycles. The van der Waals surface area contributed by atoms with E-state index in [-0.39, 0.29) is 4.90 Å². The summed E-state index contributed by atoms with van der Waals surface area (Å²) in [6.07, 6.45) is 5.87. The number of hydrogen-bond acceptors (Lipinski definition) is 4. The molecule has 0 unspecified atom stereocenters. The third kappa shape index (κ3) is 3.66. The molecule has 0 saturated carbocycles. The van der Waals surface area contributed by atoms with Crippen molar-refractivity contribution in [3.8, 4) is 6.07 Å². The molecule has 0 bridgehead atoms. The van der Waals surface area contributed by atoms with Crippen LogP contribution in [0.3, 0.4) is 0 Å². The van der Waals surface area contributed by atoms with E-state index in [1.165, 1.54) is 24.3 Å². The molecule has 20 heavy (non-hydrogen) atoms. The van der Waals surface area contributed by atoms with Crippen molar-refractivity contribution in [3.63, 3.8) is 0 Å². The Morgan fingerprint density at radius 1 is 1.30 bits per heavy atom. The Balaban J connectivity index is 1.88. The molecule has 104 valence electrons. The van der Waals surface area contributed by atoms with Crippen molar-refractivity contribution in [1.82, 2.24) is 14.3 Å². The Morgan fingerprint density at radius 3 is 2.65 bits per heavy atom. The van der Waals surface area contributed by atoms with Gasteiger partial charge in [0.05, 0.1) is 22.9 Å². The van der Waals surface area contributed by atoms with Gasteiger partial charge in [-0.15, -0.1) is 0 Å². The van der Waals surface area contributed by atoms with Crippen molar-refractivity contribution in [2.75, 3.05) is 6.54 Å². The number of nitrogens with one attached hydrogen (secondary N) is 1. The molecule has 6 nitrogen and oxygen atoms in total. The minimum Gasteiger partial charge on any atom is -0.337 e. The second-order valence-electron chi connectivity index (χ2n) is 4.19. The third-order valence-electron chi connectivity index (χ3n) is 2.74. The average molecular weight is 290 g/mol. The highest BCUT2D eigenvalue weighted by Crippen LogP contribution is 2.09. The highest BCUT2D eigenvalue weighted by molar-refractivity contribution is 7.89. The molecule has 0 radical (unpaired) electrons. The quantitative estimate of drug-likeness (QED) is 0.808. The Kier molecular flexibility index (Phi) is 4.50. The van der Waals surface area contributed by atoms with E-state index >= 15 is 0 Å². The van der Waals surface area contributed by atoms with E-state index in [4.69, 9.17) is 5.26 Å². The van der Waals surface area contributed by atoms with E-state index in [1.807, 2.05) is 16.8 Å². The van der Waals surface area contributed by atoms with Crippen LogP contribution >= 0.6 is 0 Å². The summed E-state index contributed by atoms with van der Waals surface area (Å²) in [5, 5.41) is 8.67. The molecule has 2 aromatic rings. The van der Waals surface area contributed by atoms with Crippen LogP contribution in [0.4, 0.5) is 0 Å². The van der Waals surface area contributed by atoms with Crippen LogP contribution < -0.4 is 4.72 Å². The highest BCUT2D eigenvalue weighted by Gasteiger charge is 2.12. The molecule has 0 amide bonds. The standard InChI is InChI=1S/C13H14N4O2S/c14-10-12-2-4-13(5-3-12)20(18,19)16-6-1-8-17-9-7-15-11-17/h2-5,7,9,11,16H,1,6,8H2. The first-order chi connectivity index (χ1) is 9.62. The largest absolute Gasteiger partial charge is 0.337 e. The van der Waals surface area contributed by atoms with Gasteiger partial charge in [-0.05, 0) is 30.7 Å². The molecule has 0 spiro atoms. The summed E-state index contributed by atoms with van der Waals surface area (Å²) in [5.74, 6) is 0. The summed E-state index contributed by atoms with van der Waals surface area (Å²) in [6, 6.07) is 7.78. The van der Waals surface area contributed by atoms with Gasteiger partial charge in [0.1, 0.15) is 0 Å². The van der Waals surface area contributed by atoms with Gasteiger partial charge >= 0.3 is 0 Å². The second-order valence-corrected chi connectivity index (χ2v) is 5.95. The van der Waals surface area contributed by atoms with Crippen LogP contribution in [0.5, 0.6) is 0 Å². The first kappa shape index (κ1) is 14.2. The molecular formula is C13H14N4O2S. The van der Waals surface area contributed by atoms with Gasteiger partial charge in [0, 0.05) is 25.5 Å². The second kappa shape index (κ2) is 6.32. The van der Waals surface area contributed by atoms with Gasteiger partial charge in [0.25, 0.3) is 0 Å². The van der Waals surface area contributed by atoms with Crippen molar-refractivity contribution < 1.29 is 8.42 Å². The zero-order chi connectivity index (χ0) is 14.4. The van der Waals surface area contributed by atoms with E-state index in [0.717, 1.165) is 0 Å². The number of rotatable bonds is 6. The molecule has 1 heterocycles. The van der Waals surface area contributed by atoms with Crippen LogP contribution in [0.15, 0.2) is 47.9 Å². The lowest BCUT2D eigenvalue weighted by molar-refractivity contribution is 0.570. The number of aromatic nitrogens is 2. The van der Waals surface area contributed by atoms with Gasteiger partial charge in [-0.2, -0.15) is 5.26 Å². The molecular weight excluding hydrogens is 276 g/mol. The fourth-order valence-electron chi connectivity index (χ4n) is 1.68.